The van der Waals surface area contributed by atoms with Gasteiger partial charge in [0.05, 0.1) is 6.04 Å². The predicted molar refractivity (Wildman–Crippen MR) is 80.1 cm³/mol. The summed E-state index contributed by atoms with van der Waals surface area (Å²) >= 11 is 0. The third kappa shape index (κ3) is 6.04. The molecule has 0 aliphatic heterocycles. The van der Waals surface area contributed by atoms with Crippen molar-refractivity contribution in [3.8, 4) is 0 Å². The zero-order valence-corrected chi connectivity index (χ0v) is 12.6. The van der Waals surface area contributed by atoms with Crippen LogP contribution in [0.25, 0.3) is 0 Å². The summed E-state index contributed by atoms with van der Waals surface area (Å²) in [7, 11) is 0. The minimum Gasteiger partial charge on any atom is -0.336 e. The molecular weight excluding hydrogens is 255 g/mol. The van der Waals surface area contributed by atoms with Gasteiger partial charge >= 0.3 is 6.03 Å². The molecule has 0 bridgehead atoms. The Morgan fingerprint density at radius 3 is 2.40 bits per heavy atom. The smallest absolute Gasteiger partial charge is 0.315 e. The van der Waals surface area contributed by atoms with Crippen molar-refractivity contribution in [3.63, 3.8) is 0 Å². The maximum Gasteiger partial charge on any atom is 0.315 e. The van der Waals surface area contributed by atoms with Crippen LogP contribution in [0.5, 0.6) is 0 Å². The van der Waals surface area contributed by atoms with Crippen LogP contribution in [0.15, 0.2) is 24.3 Å². The van der Waals surface area contributed by atoms with E-state index in [9.17, 15) is 9.18 Å². The first-order chi connectivity index (χ1) is 9.52. The molecule has 1 rings (SSSR count). The van der Waals surface area contributed by atoms with Crippen LogP contribution < -0.4 is 10.6 Å². The number of nitrogens with one attached hydrogen (secondary N) is 2. The van der Waals surface area contributed by atoms with Gasteiger partial charge in [-0.05, 0) is 38.0 Å². The lowest BCUT2D eigenvalue weighted by molar-refractivity contribution is 0.234. The van der Waals surface area contributed by atoms with Crippen molar-refractivity contribution in [2.75, 3.05) is 0 Å². The number of halogens is 1. The van der Waals surface area contributed by atoms with E-state index in [0.29, 0.717) is 0 Å². The number of unbranched alkanes of at least 4 members (excludes halogenated alkanes) is 2. The Morgan fingerprint density at radius 1 is 1.15 bits per heavy atom. The molecule has 0 aliphatic rings. The SMILES string of the molecule is CCCCCC(C)NC(=O)NC(C)c1ccc(F)cc1. The second-order valence-electron chi connectivity index (χ2n) is 5.29. The molecule has 2 amide bonds. The molecule has 1 aromatic carbocycles. The van der Waals surface area contributed by atoms with E-state index in [4.69, 9.17) is 0 Å². The van der Waals surface area contributed by atoms with E-state index in [2.05, 4.69) is 17.6 Å². The Hall–Kier alpha value is -1.58. The fourth-order valence-corrected chi connectivity index (χ4v) is 2.07. The molecule has 0 aliphatic carbocycles. The van der Waals surface area contributed by atoms with Gasteiger partial charge in [0.2, 0.25) is 0 Å². The molecule has 3 nitrogen and oxygen atoms in total. The molecule has 0 heterocycles. The highest BCUT2D eigenvalue weighted by atomic mass is 19.1. The van der Waals surface area contributed by atoms with Crippen molar-refractivity contribution in [2.45, 2.75) is 58.5 Å². The van der Waals surface area contributed by atoms with E-state index < -0.39 is 0 Å². The molecule has 0 saturated carbocycles. The molecule has 2 N–H and O–H groups in total. The van der Waals surface area contributed by atoms with Crippen molar-refractivity contribution in [1.29, 1.82) is 0 Å². The Kier molecular flexibility index (Phi) is 7.05. The number of rotatable bonds is 7. The average Bonchev–Trinajstić information content (AvgIpc) is 2.39. The molecule has 1 aromatic rings. The largest absolute Gasteiger partial charge is 0.336 e. The van der Waals surface area contributed by atoms with Crippen LogP contribution in [0.1, 0.15) is 58.1 Å². The first-order valence-corrected chi connectivity index (χ1v) is 7.35. The zero-order valence-electron chi connectivity index (χ0n) is 12.6. The summed E-state index contributed by atoms with van der Waals surface area (Å²) in [5, 5.41) is 5.79. The highest BCUT2D eigenvalue weighted by molar-refractivity contribution is 5.74. The second kappa shape index (κ2) is 8.56. The monoisotopic (exact) mass is 280 g/mol. The first-order valence-electron chi connectivity index (χ1n) is 7.35. The fourth-order valence-electron chi connectivity index (χ4n) is 2.07. The molecule has 0 radical (unpaired) electrons. The van der Waals surface area contributed by atoms with E-state index in [0.717, 1.165) is 18.4 Å². The molecule has 112 valence electrons. The van der Waals surface area contributed by atoms with E-state index >= 15 is 0 Å². The number of urea groups is 1. The Labute approximate surface area is 121 Å². The number of amides is 2. The van der Waals surface area contributed by atoms with Crippen molar-refractivity contribution in [3.05, 3.63) is 35.6 Å². The van der Waals surface area contributed by atoms with E-state index in [1.54, 1.807) is 12.1 Å². The van der Waals surface area contributed by atoms with Gasteiger partial charge in [0.25, 0.3) is 0 Å². The summed E-state index contributed by atoms with van der Waals surface area (Å²) < 4.78 is 12.8. The van der Waals surface area contributed by atoms with Gasteiger partial charge in [-0.3, -0.25) is 0 Å². The number of benzene rings is 1. The molecule has 0 saturated heterocycles. The zero-order chi connectivity index (χ0) is 15.0. The van der Waals surface area contributed by atoms with Crippen molar-refractivity contribution >= 4 is 6.03 Å². The van der Waals surface area contributed by atoms with Gasteiger partial charge in [0.15, 0.2) is 0 Å². The van der Waals surface area contributed by atoms with Crippen LogP contribution in [-0.2, 0) is 0 Å². The van der Waals surface area contributed by atoms with Crippen LogP contribution in [0.3, 0.4) is 0 Å². The maximum absolute atomic E-state index is 12.8. The molecule has 20 heavy (non-hydrogen) atoms. The summed E-state index contributed by atoms with van der Waals surface area (Å²) in [5.41, 5.74) is 0.889. The van der Waals surface area contributed by atoms with Gasteiger partial charge in [-0.1, -0.05) is 38.3 Å². The van der Waals surface area contributed by atoms with Crippen LogP contribution in [-0.4, -0.2) is 12.1 Å². The highest BCUT2D eigenvalue weighted by Gasteiger charge is 2.11. The van der Waals surface area contributed by atoms with Gasteiger partial charge in [-0.15, -0.1) is 0 Å². The lowest BCUT2D eigenvalue weighted by Gasteiger charge is -2.18. The van der Waals surface area contributed by atoms with E-state index in [-0.39, 0.29) is 23.9 Å². The summed E-state index contributed by atoms with van der Waals surface area (Å²) in [6.07, 6.45) is 4.50. The van der Waals surface area contributed by atoms with Crippen molar-refractivity contribution < 1.29 is 9.18 Å². The van der Waals surface area contributed by atoms with Gasteiger partial charge < -0.3 is 10.6 Å². The summed E-state index contributed by atoms with van der Waals surface area (Å²) in [5.74, 6) is -0.269. The molecule has 0 fully saturated rings. The second-order valence-corrected chi connectivity index (χ2v) is 5.29. The van der Waals surface area contributed by atoms with Gasteiger partial charge in [0, 0.05) is 6.04 Å². The third-order valence-corrected chi connectivity index (χ3v) is 3.34. The quantitative estimate of drug-likeness (QED) is 0.724. The average molecular weight is 280 g/mol. The highest BCUT2D eigenvalue weighted by Crippen LogP contribution is 2.12. The molecule has 0 aromatic heterocycles. The maximum atomic E-state index is 12.8. The summed E-state index contributed by atoms with van der Waals surface area (Å²) in [6.45, 7) is 6.06. The van der Waals surface area contributed by atoms with Crippen LogP contribution in [0.2, 0.25) is 0 Å². The molecule has 4 heteroatoms. The van der Waals surface area contributed by atoms with E-state index in [1.165, 1.54) is 25.0 Å². The number of carbonyl (C=O) groups is 1. The molecule has 0 spiro atoms. The van der Waals surface area contributed by atoms with Gasteiger partial charge in [-0.25, -0.2) is 9.18 Å². The van der Waals surface area contributed by atoms with Crippen LogP contribution >= 0.6 is 0 Å². The number of hydrogen-bond donors (Lipinski definition) is 2. The number of hydrogen-bond acceptors (Lipinski definition) is 1. The molecule has 2 atom stereocenters. The molecular formula is C16H25FN2O. The summed E-state index contributed by atoms with van der Waals surface area (Å²) in [4.78, 5) is 11.8. The van der Waals surface area contributed by atoms with Crippen LogP contribution in [0.4, 0.5) is 9.18 Å². The van der Waals surface area contributed by atoms with Crippen molar-refractivity contribution in [2.24, 2.45) is 0 Å². The lowest BCUT2D eigenvalue weighted by atomic mass is 10.1. The predicted octanol–water partition coefficient (Wildman–Crippen LogP) is 4.15. The summed E-state index contributed by atoms with van der Waals surface area (Å²) in [6, 6.07) is 6.03. The number of carbonyl (C=O) groups excluding carboxylic acids is 1. The topological polar surface area (TPSA) is 41.1 Å². The Morgan fingerprint density at radius 2 is 1.80 bits per heavy atom. The first kappa shape index (κ1) is 16.5. The minimum atomic E-state index is -0.269. The molecule has 2 unspecified atom stereocenters. The fraction of sp³-hybridized carbons (Fsp3) is 0.562. The Balaban J connectivity index is 2.35. The lowest BCUT2D eigenvalue weighted by Crippen LogP contribution is -2.41. The van der Waals surface area contributed by atoms with Crippen molar-refractivity contribution in [1.82, 2.24) is 10.6 Å². The third-order valence-electron chi connectivity index (χ3n) is 3.34. The van der Waals surface area contributed by atoms with E-state index in [1.807, 2.05) is 13.8 Å². The van der Waals surface area contributed by atoms with Gasteiger partial charge in [0.1, 0.15) is 5.82 Å². The Bertz CT molecular complexity index is 405. The normalized spacial score (nSPS) is 13.6. The minimum absolute atomic E-state index is 0.140. The van der Waals surface area contributed by atoms with Crippen LogP contribution in [0, 0.1) is 5.82 Å². The van der Waals surface area contributed by atoms with Gasteiger partial charge in [-0.2, -0.15) is 0 Å². The standard InChI is InChI=1S/C16H25FN2O/c1-4-5-6-7-12(2)18-16(20)19-13(3)14-8-10-15(17)11-9-14/h8-13H,4-7H2,1-3H3,(H2,18,19,20).